The predicted molar refractivity (Wildman–Crippen MR) is 93.4 cm³/mol. The molecule has 1 N–H and O–H groups in total. The number of hydrogen-bond donors (Lipinski definition) is 1. The lowest BCUT2D eigenvalue weighted by Gasteiger charge is -2.36. The van der Waals surface area contributed by atoms with E-state index in [-0.39, 0.29) is 5.91 Å². The fourth-order valence-corrected chi connectivity index (χ4v) is 3.09. The van der Waals surface area contributed by atoms with Gasteiger partial charge in [0, 0.05) is 45.0 Å². The summed E-state index contributed by atoms with van der Waals surface area (Å²) in [6, 6.07) is 10.5. The van der Waals surface area contributed by atoms with E-state index < -0.39 is 0 Å². The SMILES string of the molecule is Cc1noc(C)c1C(=O)NCCN1CCN(c2ccccc2)CC1. The highest BCUT2D eigenvalue weighted by atomic mass is 16.5. The first kappa shape index (κ1) is 16.5. The quantitative estimate of drug-likeness (QED) is 0.907. The van der Waals surface area contributed by atoms with Crippen LogP contribution in [0.5, 0.6) is 0 Å². The molecule has 1 amide bonds. The maximum atomic E-state index is 12.2. The number of aromatic nitrogens is 1. The van der Waals surface area contributed by atoms with Crippen molar-refractivity contribution in [3.63, 3.8) is 0 Å². The Morgan fingerprint density at radius 1 is 1.17 bits per heavy atom. The molecular weight excluding hydrogens is 304 g/mol. The minimum atomic E-state index is -0.103. The molecule has 0 radical (unpaired) electrons. The number of carbonyl (C=O) groups is 1. The topological polar surface area (TPSA) is 61.6 Å². The minimum Gasteiger partial charge on any atom is -0.369 e. The number of rotatable bonds is 5. The number of nitrogens with one attached hydrogen (secondary N) is 1. The summed E-state index contributed by atoms with van der Waals surface area (Å²) in [6.07, 6.45) is 0. The Balaban J connectivity index is 1.42. The van der Waals surface area contributed by atoms with Crippen LogP contribution < -0.4 is 10.2 Å². The average Bonchev–Trinajstić information content (AvgIpc) is 2.95. The molecule has 0 unspecified atom stereocenters. The molecule has 6 nitrogen and oxygen atoms in total. The van der Waals surface area contributed by atoms with Gasteiger partial charge in [0.2, 0.25) is 0 Å². The molecule has 2 heterocycles. The van der Waals surface area contributed by atoms with Gasteiger partial charge in [-0.25, -0.2) is 0 Å². The maximum Gasteiger partial charge on any atom is 0.256 e. The van der Waals surface area contributed by atoms with Crippen LogP contribution in [0.25, 0.3) is 0 Å². The van der Waals surface area contributed by atoms with Gasteiger partial charge in [-0.1, -0.05) is 23.4 Å². The molecule has 0 atom stereocenters. The number of amides is 1. The third kappa shape index (κ3) is 3.76. The molecule has 1 aromatic carbocycles. The Morgan fingerprint density at radius 2 is 1.88 bits per heavy atom. The zero-order chi connectivity index (χ0) is 16.9. The van der Waals surface area contributed by atoms with Gasteiger partial charge >= 0.3 is 0 Å². The highest BCUT2D eigenvalue weighted by molar-refractivity contribution is 5.96. The van der Waals surface area contributed by atoms with Crippen LogP contribution in [-0.2, 0) is 0 Å². The van der Waals surface area contributed by atoms with E-state index in [9.17, 15) is 4.79 Å². The van der Waals surface area contributed by atoms with E-state index in [0.717, 1.165) is 32.7 Å². The number of carbonyl (C=O) groups excluding carboxylic acids is 1. The van der Waals surface area contributed by atoms with Crippen LogP contribution in [0.3, 0.4) is 0 Å². The van der Waals surface area contributed by atoms with Crippen LogP contribution in [0.15, 0.2) is 34.9 Å². The first-order chi connectivity index (χ1) is 11.6. The second-order valence-corrected chi connectivity index (χ2v) is 6.12. The van der Waals surface area contributed by atoms with Crippen LogP contribution in [0.2, 0.25) is 0 Å². The number of anilines is 1. The van der Waals surface area contributed by atoms with Crippen LogP contribution in [-0.4, -0.2) is 55.2 Å². The Morgan fingerprint density at radius 3 is 2.50 bits per heavy atom. The largest absolute Gasteiger partial charge is 0.369 e. The summed E-state index contributed by atoms with van der Waals surface area (Å²) < 4.78 is 5.04. The van der Waals surface area contributed by atoms with Crippen LogP contribution >= 0.6 is 0 Å². The third-order valence-electron chi connectivity index (χ3n) is 4.47. The van der Waals surface area contributed by atoms with Gasteiger partial charge in [-0.3, -0.25) is 9.69 Å². The smallest absolute Gasteiger partial charge is 0.256 e. The summed E-state index contributed by atoms with van der Waals surface area (Å²) >= 11 is 0. The molecule has 6 heteroatoms. The van der Waals surface area contributed by atoms with Gasteiger partial charge in [0.05, 0.1) is 5.69 Å². The summed E-state index contributed by atoms with van der Waals surface area (Å²) in [4.78, 5) is 17.0. The van der Waals surface area contributed by atoms with Crippen molar-refractivity contribution in [3.8, 4) is 0 Å². The molecule has 1 aliphatic heterocycles. The Hall–Kier alpha value is -2.34. The van der Waals surface area contributed by atoms with Gasteiger partial charge < -0.3 is 14.7 Å². The molecule has 1 aromatic heterocycles. The zero-order valence-electron chi connectivity index (χ0n) is 14.3. The molecule has 0 bridgehead atoms. The highest BCUT2D eigenvalue weighted by Crippen LogP contribution is 2.15. The van der Waals surface area contributed by atoms with E-state index in [4.69, 9.17) is 4.52 Å². The first-order valence-electron chi connectivity index (χ1n) is 8.38. The molecule has 128 valence electrons. The Kier molecular flexibility index (Phi) is 5.15. The van der Waals surface area contributed by atoms with E-state index in [1.54, 1.807) is 13.8 Å². The highest BCUT2D eigenvalue weighted by Gasteiger charge is 2.19. The molecule has 1 aliphatic rings. The molecule has 1 saturated heterocycles. The zero-order valence-corrected chi connectivity index (χ0v) is 14.3. The lowest BCUT2D eigenvalue weighted by Crippen LogP contribution is -2.48. The maximum absolute atomic E-state index is 12.2. The fourth-order valence-electron chi connectivity index (χ4n) is 3.09. The van der Waals surface area contributed by atoms with Gasteiger partial charge in [-0.2, -0.15) is 0 Å². The molecule has 2 aromatic rings. The molecule has 0 aliphatic carbocycles. The van der Waals surface area contributed by atoms with Gasteiger partial charge in [0.25, 0.3) is 5.91 Å². The number of piperazine rings is 1. The summed E-state index contributed by atoms with van der Waals surface area (Å²) in [5.41, 5.74) is 2.48. The third-order valence-corrected chi connectivity index (χ3v) is 4.47. The van der Waals surface area contributed by atoms with Crippen molar-refractivity contribution < 1.29 is 9.32 Å². The van der Waals surface area contributed by atoms with Crippen molar-refractivity contribution in [3.05, 3.63) is 47.3 Å². The lowest BCUT2D eigenvalue weighted by atomic mass is 10.2. The molecule has 0 spiro atoms. The Bertz CT molecular complexity index is 656. The number of nitrogens with zero attached hydrogens (tertiary/aromatic N) is 3. The lowest BCUT2D eigenvalue weighted by molar-refractivity contribution is 0.0945. The standard InChI is InChI=1S/C18H24N4O2/c1-14-17(15(2)24-20-14)18(23)19-8-9-21-10-12-22(13-11-21)16-6-4-3-5-7-16/h3-7H,8-13H2,1-2H3,(H,19,23). The molecule has 24 heavy (non-hydrogen) atoms. The van der Waals surface area contributed by atoms with Crippen molar-refractivity contribution in [2.75, 3.05) is 44.2 Å². The molecule has 1 fully saturated rings. The number of benzene rings is 1. The van der Waals surface area contributed by atoms with Crippen molar-refractivity contribution in [2.45, 2.75) is 13.8 Å². The van der Waals surface area contributed by atoms with E-state index in [2.05, 4.69) is 44.5 Å². The number of aryl methyl sites for hydroxylation is 2. The van der Waals surface area contributed by atoms with Crippen molar-refractivity contribution in [1.82, 2.24) is 15.4 Å². The monoisotopic (exact) mass is 328 g/mol. The summed E-state index contributed by atoms with van der Waals surface area (Å²) in [5.74, 6) is 0.468. The summed E-state index contributed by atoms with van der Waals surface area (Å²) in [6.45, 7) is 9.09. The van der Waals surface area contributed by atoms with E-state index in [0.29, 0.717) is 23.6 Å². The van der Waals surface area contributed by atoms with Crippen LogP contribution in [0.1, 0.15) is 21.8 Å². The van der Waals surface area contributed by atoms with Crippen molar-refractivity contribution in [1.29, 1.82) is 0 Å². The van der Waals surface area contributed by atoms with Gasteiger partial charge in [-0.05, 0) is 26.0 Å². The fraction of sp³-hybridized carbons (Fsp3) is 0.444. The van der Waals surface area contributed by atoms with Crippen molar-refractivity contribution >= 4 is 11.6 Å². The Labute approximate surface area is 142 Å². The molecular formula is C18H24N4O2. The average molecular weight is 328 g/mol. The molecule has 0 saturated carbocycles. The minimum absolute atomic E-state index is 0.103. The van der Waals surface area contributed by atoms with E-state index in [1.807, 2.05) is 6.07 Å². The number of hydrogen-bond acceptors (Lipinski definition) is 5. The predicted octanol–water partition coefficient (Wildman–Crippen LogP) is 1.84. The van der Waals surface area contributed by atoms with Crippen LogP contribution in [0, 0.1) is 13.8 Å². The second-order valence-electron chi connectivity index (χ2n) is 6.12. The summed E-state index contributed by atoms with van der Waals surface area (Å²) in [7, 11) is 0. The van der Waals surface area contributed by atoms with Gasteiger partial charge in [0.1, 0.15) is 11.3 Å². The van der Waals surface area contributed by atoms with Crippen LogP contribution in [0.4, 0.5) is 5.69 Å². The first-order valence-corrected chi connectivity index (χ1v) is 8.38. The summed E-state index contributed by atoms with van der Waals surface area (Å²) in [5, 5.41) is 6.78. The second kappa shape index (κ2) is 7.49. The number of para-hydroxylation sites is 1. The van der Waals surface area contributed by atoms with E-state index >= 15 is 0 Å². The molecule has 3 rings (SSSR count). The van der Waals surface area contributed by atoms with E-state index in [1.165, 1.54) is 5.69 Å². The van der Waals surface area contributed by atoms with Gasteiger partial charge in [0.15, 0.2) is 0 Å². The normalized spacial score (nSPS) is 15.5. The van der Waals surface area contributed by atoms with Crippen molar-refractivity contribution in [2.24, 2.45) is 0 Å². The van der Waals surface area contributed by atoms with Gasteiger partial charge in [-0.15, -0.1) is 0 Å².